The minimum absolute atomic E-state index is 0.351. The number of H-pyrrole nitrogens is 1. The van der Waals surface area contributed by atoms with Crippen molar-refractivity contribution in [3.8, 4) is 0 Å². The Hall–Kier alpha value is -2.56. The first-order valence-electron chi connectivity index (χ1n) is 7.82. The van der Waals surface area contributed by atoms with E-state index in [0.717, 1.165) is 29.7 Å². The van der Waals surface area contributed by atoms with Crippen molar-refractivity contribution >= 4 is 33.4 Å². The number of fused-ring (bicyclic) bond motifs is 1. The van der Waals surface area contributed by atoms with Crippen molar-refractivity contribution in [3.05, 3.63) is 27.8 Å². The first-order valence-corrected chi connectivity index (χ1v) is 8.64. The fourth-order valence-electron chi connectivity index (χ4n) is 2.70. The molecule has 2 N–H and O–H groups in total. The van der Waals surface area contributed by atoms with Crippen LogP contribution in [0.15, 0.2) is 0 Å². The number of anilines is 1. The number of hydrogen-bond donors (Lipinski definition) is 2. The van der Waals surface area contributed by atoms with Crippen LogP contribution in [0.1, 0.15) is 51.3 Å². The summed E-state index contributed by atoms with van der Waals surface area (Å²) in [7, 11) is 0. The third kappa shape index (κ3) is 2.91. The first-order chi connectivity index (χ1) is 12.2. The van der Waals surface area contributed by atoms with E-state index in [0.29, 0.717) is 21.2 Å². The number of thiophene rings is 1. The zero-order valence-corrected chi connectivity index (χ0v) is 14.5. The van der Waals surface area contributed by atoms with E-state index in [9.17, 15) is 18.0 Å². The number of nitrogens with zero attached hydrogens (tertiary/aromatic N) is 4. The van der Waals surface area contributed by atoms with Crippen LogP contribution in [0, 0.1) is 13.8 Å². The first kappa shape index (κ1) is 16.9. The maximum atomic E-state index is 12.6. The van der Waals surface area contributed by atoms with Crippen LogP contribution in [0.4, 0.5) is 19.1 Å². The summed E-state index contributed by atoms with van der Waals surface area (Å²) in [6, 6.07) is 0. The lowest BCUT2D eigenvalue weighted by Crippen LogP contribution is -2.13. The molecule has 3 aromatic heterocycles. The van der Waals surface area contributed by atoms with Gasteiger partial charge in [0, 0.05) is 11.3 Å². The quantitative estimate of drug-likeness (QED) is 0.722. The Morgan fingerprint density at radius 2 is 1.96 bits per heavy atom. The molecule has 0 radical (unpaired) electrons. The molecule has 1 fully saturated rings. The maximum absolute atomic E-state index is 12.6. The van der Waals surface area contributed by atoms with Gasteiger partial charge in [-0.2, -0.15) is 18.2 Å². The molecule has 0 aromatic carbocycles. The van der Waals surface area contributed by atoms with Crippen molar-refractivity contribution in [2.24, 2.45) is 0 Å². The summed E-state index contributed by atoms with van der Waals surface area (Å²) in [6.45, 7) is 3.63. The van der Waals surface area contributed by atoms with Crippen LogP contribution in [-0.2, 0) is 6.18 Å². The number of nitrogens with one attached hydrogen (secondary N) is 2. The van der Waals surface area contributed by atoms with E-state index in [1.807, 2.05) is 6.92 Å². The number of rotatable bonds is 3. The lowest BCUT2D eigenvalue weighted by molar-refractivity contribution is -0.144. The lowest BCUT2D eigenvalue weighted by Gasteiger charge is -2.02. The molecule has 4 rings (SSSR count). The number of hydrogen-bond acceptors (Lipinski definition) is 6. The highest BCUT2D eigenvalue weighted by Crippen LogP contribution is 2.40. The fraction of sp³-hybridized carbons (Fsp3) is 0.400. The minimum atomic E-state index is -4.66. The van der Waals surface area contributed by atoms with Gasteiger partial charge in [0.05, 0.1) is 10.6 Å². The molecule has 0 bridgehead atoms. The zero-order chi connectivity index (χ0) is 18.6. The molecule has 11 heteroatoms. The summed E-state index contributed by atoms with van der Waals surface area (Å²) in [4.78, 5) is 25.8. The molecule has 136 valence electrons. The molecule has 1 amide bonds. The van der Waals surface area contributed by atoms with Gasteiger partial charge in [0.25, 0.3) is 5.91 Å². The molecule has 26 heavy (non-hydrogen) atoms. The molecular formula is C15H13F3N6OS. The molecule has 3 heterocycles. The third-order valence-electron chi connectivity index (χ3n) is 4.12. The standard InChI is InChI=1S/C15H13F3N6OS/c1-5-8-6(2)19-10(7-3-4-7)20-12(8)26-9(5)11(25)21-14-22-13(23-24-14)15(16,17)18/h7H,3-4H2,1-2H3,(H2,21,22,23,24,25). The van der Waals surface area contributed by atoms with E-state index in [4.69, 9.17) is 0 Å². The van der Waals surface area contributed by atoms with Gasteiger partial charge in [-0.1, -0.05) is 0 Å². The van der Waals surface area contributed by atoms with Crippen molar-refractivity contribution in [1.29, 1.82) is 0 Å². The van der Waals surface area contributed by atoms with Gasteiger partial charge in [0.2, 0.25) is 11.8 Å². The summed E-state index contributed by atoms with van der Waals surface area (Å²) < 4.78 is 37.7. The van der Waals surface area contributed by atoms with E-state index in [-0.39, 0.29) is 0 Å². The van der Waals surface area contributed by atoms with Gasteiger partial charge in [-0.15, -0.1) is 16.4 Å². The van der Waals surface area contributed by atoms with Crippen LogP contribution in [0.25, 0.3) is 10.2 Å². The van der Waals surface area contributed by atoms with Gasteiger partial charge < -0.3 is 0 Å². The van der Waals surface area contributed by atoms with Crippen LogP contribution in [0.2, 0.25) is 0 Å². The number of amides is 1. The second-order valence-electron chi connectivity index (χ2n) is 6.14. The predicted molar refractivity (Wildman–Crippen MR) is 88.2 cm³/mol. The second-order valence-corrected chi connectivity index (χ2v) is 7.14. The highest BCUT2D eigenvalue weighted by molar-refractivity contribution is 7.20. The Labute approximate surface area is 149 Å². The number of alkyl halides is 3. The molecule has 1 aliphatic carbocycles. The van der Waals surface area contributed by atoms with Crippen LogP contribution >= 0.6 is 11.3 Å². The van der Waals surface area contributed by atoms with E-state index in [1.165, 1.54) is 11.3 Å². The van der Waals surface area contributed by atoms with E-state index < -0.39 is 23.9 Å². The molecule has 0 unspecified atom stereocenters. The van der Waals surface area contributed by atoms with Crippen molar-refractivity contribution in [2.75, 3.05) is 5.32 Å². The van der Waals surface area contributed by atoms with Gasteiger partial charge in [0.15, 0.2) is 0 Å². The third-order valence-corrected chi connectivity index (χ3v) is 5.30. The Kier molecular flexibility index (Phi) is 3.72. The average Bonchev–Trinajstić information content (AvgIpc) is 3.20. The average molecular weight is 382 g/mol. The highest BCUT2D eigenvalue weighted by Gasteiger charge is 2.35. The molecule has 1 saturated carbocycles. The van der Waals surface area contributed by atoms with Crippen molar-refractivity contribution in [1.82, 2.24) is 25.1 Å². The molecule has 7 nitrogen and oxygen atoms in total. The van der Waals surface area contributed by atoms with Gasteiger partial charge >= 0.3 is 6.18 Å². The van der Waals surface area contributed by atoms with Crippen molar-refractivity contribution in [3.63, 3.8) is 0 Å². The van der Waals surface area contributed by atoms with Crippen LogP contribution in [-0.4, -0.2) is 31.1 Å². The number of carbonyl (C=O) groups is 1. The van der Waals surface area contributed by atoms with Crippen LogP contribution in [0.5, 0.6) is 0 Å². The Balaban J connectivity index is 1.65. The number of aromatic amines is 1. The SMILES string of the molecule is Cc1nc(C2CC2)nc2sc(C(=O)Nc3n[nH]c(C(F)(F)F)n3)c(C)c12. The zero-order valence-electron chi connectivity index (χ0n) is 13.7. The topological polar surface area (TPSA) is 96.5 Å². The lowest BCUT2D eigenvalue weighted by atomic mass is 10.1. The molecule has 1 aliphatic rings. The molecule has 0 atom stereocenters. The fourth-order valence-corrected chi connectivity index (χ4v) is 3.84. The van der Waals surface area contributed by atoms with Gasteiger partial charge in [0.1, 0.15) is 10.7 Å². The van der Waals surface area contributed by atoms with Gasteiger partial charge in [-0.05, 0) is 32.3 Å². The molecule has 0 aliphatic heterocycles. The second kappa shape index (κ2) is 5.73. The van der Waals surface area contributed by atoms with Crippen molar-refractivity contribution < 1.29 is 18.0 Å². The normalized spacial score (nSPS) is 14.8. The molecule has 0 spiro atoms. The number of aryl methyl sites for hydroxylation is 2. The molecular weight excluding hydrogens is 369 g/mol. The Morgan fingerprint density at radius 1 is 1.23 bits per heavy atom. The van der Waals surface area contributed by atoms with Crippen molar-refractivity contribution in [2.45, 2.75) is 38.8 Å². The summed E-state index contributed by atoms with van der Waals surface area (Å²) in [5, 5.41) is 8.24. The predicted octanol–water partition coefficient (Wildman–Crippen LogP) is 3.57. The summed E-state index contributed by atoms with van der Waals surface area (Å²) in [6.07, 6.45) is -2.53. The Bertz CT molecular complexity index is 1020. The smallest absolute Gasteiger partial charge is 0.288 e. The van der Waals surface area contributed by atoms with E-state index in [2.05, 4.69) is 25.4 Å². The monoisotopic (exact) mass is 382 g/mol. The number of aromatic nitrogens is 5. The number of carbonyl (C=O) groups excluding carboxylic acids is 1. The molecule has 0 saturated heterocycles. The van der Waals surface area contributed by atoms with E-state index in [1.54, 1.807) is 12.0 Å². The van der Waals surface area contributed by atoms with Crippen LogP contribution in [0.3, 0.4) is 0 Å². The maximum Gasteiger partial charge on any atom is 0.451 e. The highest BCUT2D eigenvalue weighted by atomic mass is 32.1. The summed E-state index contributed by atoms with van der Waals surface area (Å²) in [5.41, 5.74) is 1.48. The molecule has 3 aromatic rings. The van der Waals surface area contributed by atoms with Crippen LogP contribution < -0.4 is 5.32 Å². The summed E-state index contributed by atoms with van der Waals surface area (Å²) in [5.74, 6) is -1.11. The van der Waals surface area contributed by atoms with Gasteiger partial charge in [-0.25, -0.2) is 9.97 Å². The largest absolute Gasteiger partial charge is 0.451 e. The Morgan fingerprint density at radius 3 is 2.58 bits per heavy atom. The minimum Gasteiger partial charge on any atom is -0.288 e. The number of halogens is 3. The van der Waals surface area contributed by atoms with E-state index >= 15 is 0 Å². The summed E-state index contributed by atoms with van der Waals surface area (Å²) >= 11 is 1.19. The van der Waals surface area contributed by atoms with Gasteiger partial charge in [-0.3, -0.25) is 15.2 Å².